The highest BCUT2D eigenvalue weighted by Gasteiger charge is 2.26. The molecule has 0 bridgehead atoms. The van der Waals surface area contributed by atoms with Crippen LogP contribution in [0.4, 0.5) is 4.79 Å². The van der Waals surface area contributed by atoms with Gasteiger partial charge in [-0.05, 0) is 43.2 Å². The van der Waals surface area contributed by atoms with Gasteiger partial charge in [-0.1, -0.05) is 61.5 Å². The van der Waals surface area contributed by atoms with E-state index in [2.05, 4.69) is 17.1 Å². The van der Waals surface area contributed by atoms with Gasteiger partial charge in [-0.25, -0.2) is 14.6 Å². The molecule has 2 aromatic carbocycles. The van der Waals surface area contributed by atoms with Crippen LogP contribution in [-0.4, -0.2) is 55.3 Å². The van der Waals surface area contributed by atoms with Gasteiger partial charge in [0.1, 0.15) is 18.1 Å². The van der Waals surface area contributed by atoms with Crippen molar-refractivity contribution in [3.8, 4) is 11.4 Å². The van der Waals surface area contributed by atoms with Crippen molar-refractivity contribution in [1.29, 1.82) is 0 Å². The molecule has 1 fully saturated rings. The Bertz CT molecular complexity index is 1750. The maximum absolute atomic E-state index is 13.5. The topological polar surface area (TPSA) is 118 Å². The molecule has 0 N–H and O–H groups in total. The number of imidazole rings is 1. The summed E-state index contributed by atoms with van der Waals surface area (Å²) in [6.45, 7) is 5.22. The summed E-state index contributed by atoms with van der Waals surface area (Å²) in [6, 6.07) is 17.7. The molecule has 1 atom stereocenters. The monoisotopic (exact) mass is 601 g/mol. The van der Waals surface area contributed by atoms with Crippen LogP contribution < -0.4 is 11.2 Å². The Morgan fingerprint density at radius 2 is 1.61 bits per heavy atom. The zero-order chi connectivity index (χ0) is 31.4. The van der Waals surface area contributed by atoms with Gasteiger partial charge in [0.05, 0.1) is 12.5 Å². The van der Waals surface area contributed by atoms with Gasteiger partial charge in [-0.3, -0.25) is 18.7 Å². The molecule has 2 aromatic heterocycles. The summed E-state index contributed by atoms with van der Waals surface area (Å²) < 4.78 is 14.9. The molecule has 4 aromatic rings. The van der Waals surface area contributed by atoms with Gasteiger partial charge in [0, 0.05) is 39.3 Å². The van der Waals surface area contributed by atoms with E-state index < -0.39 is 23.1 Å². The molecule has 0 aliphatic carbocycles. The molecule has 232 valence electrons. The van der Waals surface area contributed by atoms with Gasteiger partial charge in [0.25, 0.3) is 5.56 Å². The van der Waals surface area contributed by atoms with Crippen molar-refractivity contribution in [3.05, 3.63) is 86.6 Å². The summed E-state index contributed by atoms with van der Waals surface area (Å²) in [5.74, 6) is -0.175. The van der Waals surface area contributed by atoms with E-state index in [0.29, 0.717) is 36.9 Å². The smallest absolute Gasteiger partial charge is 0.410 e. The zero-order valence-corrected chi connectivity index (χ0v) is 25.7. The summed E-state index contributed by atoms with van der Waals surface area (Å²) in [5.41, 5.74) is 2.48. The average molecular weight is 602 g/mol. The molecule has 1 aliphatic heterocycles. The van der Waals surface area contributed by atoms with Gasteiger partial charge in [0.15, 0.2) is 5.52 Å². The Hall–Kier alpha value is -4.67. The quantitative estimate of drug-likeness (QED) is 0.264. The van der Waals surface area contributed by atoms with Gasteiger partial charge >= 0.3 is 17.8 Å². The van der Waals surface area contributed by atoms with Crippen LogP contribution in [0.25, 0.3) is 22.6 Å². The van der Waals surface area contributed by atoms with Crippen LogP contribution in [0.1, 0.15) is 50.2 Å². The molecule has 44 heavy (non-hydrogen) atoms. The fourth-order valence-electron chi connectivity index (χ4n) is 5.88. The van der Waals surface area contributed by atoms with Crippen molar-refractivity contribution in [1.82, 2.24) is 23.6 Å². The number of likely N-dealkylation sites (tertiary alicyclic amines) is 1. The average Bonchev–Trinajstić information content (AvgIpc) is 3.40. The van der Waals surface area contributed by atoms with Crippen LogP contribution in [0.2, 0.25) is 0 Å². The number of piperidine rings is 1. The van der Waals surface area contributed by atoms with E-state index in [0.717, 1.165) is 28.5 Å². The maximum Gasteiger partial charge on any atom is 0.410 e. The number of fused-ring (bicyclic) bond motifs is 1. The normalized spacial score (nSPS) is 14.5. The molecule has 11 nitrogen and oxygen atoms in total. The van der Waals surface area contributed by atoms with Crippen molar-refractivity contribution < 1.29 is 19.1 Å². The molecular formula is C33H39N5O6. The Morgan fingerprint density at radius 3 is 2.25 bits per heavy atom. The van der Waals surface area contributed by atoms with E-state index in [1.165, 1.54) is 10.1 Å². The number of hydrogen-bond donors (Lipinski definition) is 0. The summed E-state index contributed by atoms with van der Waals surface area (Å²) >= 11 is 0. The third-order valence-electron chi connectivity index (χ3n) is 8.46. The molecular weight excluding hydrogens is 562 g/mol. The number of amides is 1. The number of carbonyl (C=O) groups is 2. The zero-order valence-electron chi connectivity index (χ0n) is 25.7. The highest BCUT2D eigenvalue weighted by atomic mass is 16.6. The second-order valence-electron chi connectivity index (χ2n) is 11.2. The number of rotatable bonds is 9. The molecule has 11 heteroatoms. The third-order valence-corrected chi connectivity index (χ3v) is 8.46. The predicted molar refractivity (Wildman–Crippen MR) is 166 cm³/mol. The standard InChI is InChI=1S/C33H39N5O6/c1-5-23(31(40)43-6-2)20-38-30(39)27-29(36(4)32(38)41)35(3)28(34-27)26-14-12-24(13-15-26)25-16-18-37(19-17-25)33(42)44-21-22-10-8-7-9-11-22/h7-15,23,25H,5-6,16-21H2,1-4H3. The first-order chi connectivity index (χ1) is 21.2. The Balaban J connectivity index is 1.30. The Kier molecular flexibility index (Phi) is 9.32. The first-order valence-corrected chi connectivity index (χ1v) is 15.1. The number of ether oxygens (including phenoxy) is 2. The van der Waals surface area contributed by atoms with Crippen LogP contribution in [-0.2, 0) is 41.5 Å². The minimum absolute atomic E-state index is 0.0685. The molecule has 3 heterocycles. The lowest BCUT2D eigenvalue weighted by atomic mass is 9.89. The molecule has 0 saturated carbocycles. The van der Waals surface area contributed by atoms with E-state index in [4.69, 9.17) is 9.47 Å². The van der Waals surface area contributed by atoms with Crippen LogP contribution >= 0.6 is 0 Å². The molecule has 0 spiro atoms. The predicted octanol–water partition coefficient (Wildman–Crippen LogP) is 4.21. The molecule has 5 rings (SSSR count). The van der Waals surface area contributed by atoms with Crippen molar-refractivity contribution in [2.75, 3.05) is 19.7 Å². The van der Waals surface area contributed by atoms with Crippen LogP contribution in [0, 0.1) is 5.92 Å². The summed E-state index contributed by atoms with van der Waals surface area (Å²) in [4.78, 5) is 58.0. The second kappa shape index (κ2) is 13.3. The van der Waals surface area contributed by atoms with Crippen LogP contribution in [0.15, 0.2) is 64.2 Å². The van der Waals surface area contributed by atoms with E-state index in [9.17, 15) is 19.2 Å². The highest BCUT2D eigenvalue weighted by Crippen LogP contribution is 2.30. The lowest BCUT2D eigenvalue weighted by molar-refractivity contribution is -0.148. The van der Waals surface area contributed by atoms with Crippen LogP contribution in [0.5, 0.6) is 0 Å². The van der Waals surface area contributed by atoms with Gasteiger partial charge < -0.3 is 18.9 Å². The molecule has 1 amide bonds. The lowest BCUT2D eigenvalue weighted by Gasteiger charge is -2.31. The molecule has 1 aliphatic rings. The van der Waals surface area contributed by atoms with Gasteiger partial charge in [-0.15, -0.1) is 0 Å². The van der Waals surface area contributed by atoms with Crippen molar-refractivity contribution >= 4 is 23.2 Å². The lowest BCUT2D eigenvalue weighted by Crippen LogP contribution is -2.42. The van der Waals surface area contributed by atoms with E-state index >= 15 is 0 Å². The fourth-order valence-corrected chi connectivity index (χ4v) is 5.88. The number of esters is 1. The molecule has 0 radical (unpaired) electrons. The second-order valence-corrected chi connectivity index (χ2v) is 11.2. The Morgan fingerprint density at radius 1 is 0.932 bits per heavy atom. The largest absolute Gasteiger partial charge is 0.466 e. The number of aryl methyl sites for hydroxylation is 2. The summed E-state index contributed by atoms with van der Waals surface area (Å²) in [6.07, 6.45) is 1.81. The number of carbonyl (C=O) groups excluding carboxylic acids is 2. The first kappa shape index (κ1) is 30.8. The van der Waals surface area contributed by atoms with Crippen molar-refractivity contribution in [3.63, 3.8) is 0 Å². The maximum atomic E-state index is 13.5. The van der Waals surface area contributed by atoms with Gasteiger partial charge in [-0.2, -0.15) is 0 Å². The minimum atomic E-state index is -0.611. The van der Waals surface area contributed by atoms with Crippen LogP contribution in [0.3, 0.4) is 0 Å². The van der Waals surface area contributed by atoms with E-state index in [1.54, 1.807) is 30.5 Å². The fraction of sp³-hybridized carbons (Fsp3) is 0.424. The summed E-state index contributed by atoms with van der Waals surface area (Å²) in [5, 5.41) is 0. The first-order valence-electron chi connectivity index (χ1n) is 15.1. The molecule has 1 unspecified atom stereocenters. The summed E-state index contributed by atoms with van der Waals surface area (Å²) in [7, 11) is 3.38. The van der Waals surface area contributed by atoms with Gasteiger partial charge in [0.2, 0.25) is 0 Å². The third kappa shape index (κ3) is 6.17. The van der Waals surface area contributed by atoms with Crippen molar-refractivity contribution in [2.24, 2.45) is 20.0 Å². The van der Waals surface area contributed by atoms with E-state index in [1.807, 2.05) is 49.4 Å². The Labute approximate surface area is 255 Å². The number of hydrogen-bond acceptors (Lipinski definition) is 7. The number of aromatic nitrogens is 4. The number of nitrogens with zero attached hydrogens (tertiary/aromatic N) is 5. The van der Waals surface area contributed by atoms with Crippen molar-refractivity contribution in [2.45, 2.75) is 52.2 Å². The van der Waals surface area contributed by atoms with E-state index in [-0.39, 0.29) is 31.4 Å². The highest BCUT2D eigenvalue weighted by molar-refractivity contribution is 5.77. The minimum Gasteiger partial charge on any atom is -0.466 e. The number of benzene rings is 2. The SMILES string of the molecule is CCOC(=O)C(CC)Cn1c(=O)c2nc(-c3ccc(C4CCN(C(=O)OCc5ccccc5)CC4)cc3)n(C)c2n(C)c1=O. The molecule has 1 saturated heterocycles.